The van der Waals surface area contributed by atoms with Crippen molar-refractivity contribution in [2.75, 3.05) is 0 Å². The van der Waals surface area contributed by atoms with Crippen molar-refractivity contribution < 1.29 is 14.3 Å². The van der Waals surface area contributed by atoms with Gasteiger partial charge in [0.2, 0.25) is 0 Å². The van der Waals surface area contributed by atoms with Gasteiger partial charge in [-0.05, 0) is 31.2 Å². The Morgan fingerprint density at radius 3 is 2.70 bits per heavy atom. The second-order valence-corrected chi connectivity index (χ2v) is 5.02. The van der Waals surface area contributed by atoms with Crippen LogP contribution in [-0.4, -0.2) is 10.9 Å². The standard InChI is InChI=1S/C16H11ClO3/c1-9(18)13-6-11-7-15(20-16(11)8-14(13)19)10-3-2-4-12(17)5-10/h2-8,19H,1H3. The minimum absolute atomic E-state index is 0.0722. The summed E-state index contributed by atoms with van der Waals surface area (Å²) < 4.78 is 5.69. The summed E-state index contributed by atoms with van der Waals surface area (Å²) in [6.07, 6.45) is 0. The SMILES string of the molecule is CC(=O)c1cc2cc(-c3cccc(Cl)c3)oc2cc1O. The number of carbonyl (C=O) groups is 1. The van der Waals surface area contributed by atoms with Crippen LogP contribution >= 0.6 is 11.6 Å². The Labute approximate surface area is 120 Å². The number of benzene rings is 2. The molecule has 3 aromatic rings. The van der Waals surface area contributed by atoms with E-state index in [1.807, 2.05) is 18.2 Å². The summed E-state index contributed by atoms with van der Waals surface area (Å²) in [5.41, 5.74) is 1.66. The van der Waals surface area contributed by atoms with Gasteiger partial charge in [0.25, 0.3) is 0 Å². The molecule has 100 valence electrons. The average molecular weight is 287 g/mol. The van der Waals surface area contributed by atoms with Gasteiger partial charge >= 0.3 is 0 Å². The quantitative estimate of drug-likeness (QED) is 0.697. The smallest absolute Gasteiger partial charge is 0.163 e. The summed E-state index contributed by atoms with van der Waals surface area (Å²) in [6.45, 7) is 1.42. The predicted molar refractivity (Wildman–Crippen MR) is 78.3 cm³/mol. The predicted octanol–water partition coefficient (Wildman–Crippen LogP) is 4.66. The number of rotatable bonds is 2. The largest absolute Gasteiger partial charge is 0.507 e. The maximum absolute atomic E-state index is 11.4. The fourth-order valence-corrected chi connectivity index (χ4v) is 2.33. The van der Waals surface area contributed by atoms with E-state index in [0.717, 1.165) is 10.9 Å². The Hall–Kier alpha value is -2.26. The molecule has 0 amide bonds. The molecule has 1 heterocycles. The first-order chi connectivity index (χ1) is 9.54. The molecule has 2 aromatic carbocycles. The van der Waals surface area contributed by atoms with Gasteiger partial charge in [-0.1, -0.05) is 23.7 Å². The Balaban J connectivity index is 2.18. The van der Waals surface area contributed by atoms with Crippen molar-refractivity contribution in [3.8, 4) is 17.1 Å². The van der Waals surface area contributed by atoms with E-state index < -0.39 is 0 Å². The third-order valence-electron chi connectivity index (χ3n) is 3.12. The van der Waals surface area contributed by atoms with Gasteiger partial charge in [0.15, 0.2) is 5.78 Å². The number of ketones is 1. The minimum Gasteiger partial charge on any atom is -0.507 e. The zero-order chi connectivity index (χ0) is 14.3. The van der Waals surface area contributed by atoms with Crippen LogP contribution in [0.3, 0.4) is 0 Å². The van der Waals surface area contributed by atoms with Crippen LogP contribution in [0.2, 0.25) is 5.02 Å². The van der Waals surface area contributed by atoms with Crippen LogP contribution in [-0.2, 0) is 0 Å². The highest BCUT2D eigenvalue weighted by molar-refractivity contribution is 6.30. The summed E-state index contributed by atoms with van der Waals surface area (Å²) in [4.78, 5) is 11.4. The van der Waals surface area contributed by atoms with Crippen LogP contribution in [0.25, 0.3) is 22.3 Å². The first kappa shape index (κ1) is 12.8. The fourth-order valence-electron chi connectivity index (χ4n) is 2.14. The highest BCUT2D eigenvalue weighted by Crippen LogP contribution is 2.33. The molecule has 0 aliphatic heterocycles. The number of fused-ring (bicyclic) bond motifs is 1. The lowest BCUT2D eigenvalue weighted by Gasteiger charge is -1.99. The second kappa shape index (κ2) is 4.69. The van der Waals surface area contributed by atoms with E-state index in [2.05, 4.69) is 0 Å². The molecule has 0 spiro atoms. The molecule has 0 aliphatic carbocycles. The van der Waals surface area contributed by atoms with E-state index in [4.69, 9.17) is 16.0 Å². The summed E-state index contributed by atoms with van der Waals surface area (Å²) in [7, 11) is 0. The molecule has 20 heavy (non-hydrogen) atoms. The average Bonchev–Trinajstić information content (AvgIpc) is 2.80. The molecule has 0 fully saturated rings. The molecule has 3 rings (SSSR count). The van der Waals surface area contributed by atoms with Crippen LogP contribution in [0.1, 0.15) is 17.3 Å². The zero-order valence-corrected chi connectivity index (χ0v) is 11.4. The summed E-state index contributed by atoms with van der Waals surface area (Å²) >= 11 is 5.96. The van der Waals surface area contributed by atoms with Gasteiger partial charge < -0.3 is 9.52 Å². The number of hydrogen-bond donors (Lipinski definition) is 1. The van der Waals surface area contributed by atoms with Crippen molar-refractivity contribution in [2.24, 2.45) is 0 Å². The molecule has 1 N–H and O–H groups in total. The van der Waals surface area contributed by atoms with Crippen LogP contribution < -0.4 is 0 Å². The lowest BCUT2D eigenvalue weighted by molar-refractivity contribution is 0.101. The van der Waals surface area contributed by atoms with Crippen molar-refractivity contribution in [1.82, 2.24) is 0 Å². The lowest BCUT2D eigenvalue weighted by atomic mass is 10.1. The normalized spacial score (nSPS) is 10.9. The molecule has 0 aliphatic rings. The number of furan rings is 1. The Morgan fingerprint density at radius 2 is 2.00 bits per heavy atom. The van der Waals surface area contributed by atoms with Crippen molar-refractivity contribution in [1.29, 1.82) is 0 Å². The number of hydrogen-bond acceptors (Lipinski definition) is 3. The van der Waals surface area contributed by atoms with Gasteiger partial charge in [0.1, 0.15) is 17.1 Å². The van der Waals surface area contributed by atoms with E-state index in [0.29, 0.717) is 16.4 Å². The van der Waals surface area contributed by atoms with Gasteiger partial charge in [-0.3, -0.25) is 4.79 Å². The molecule has 3 nitrogen and oxygen atoms in total. The van der Waals surface area contributed by atoms with Crippen LogP contribution in [0.4, 0.5) is 0 Å². The molecule has 0 radical (unpaired) electrons. The third kappa shape index (κ3) is 2.17. The first-order valence-electron chi connectivity index (χ1n) is 6.08. The molecular weight excluding hydrogens is 276 g/mol. The van der Waals surface area contributed by atoms with E-state index in [-0.39, 0.29) is 17.1 Å². The van der Waals surface area contributed by atoms with Gasteiger partial charge in [0.05, 0.1) is 5.56 Å². The second-order valence-electron chi connectivity index (χ2n) is 4.58. The van der Waals surface area contributed by atoms with Crippen molar-refractivity contribution in [3.63, 3.8) is 0 Å². The van der Waals surface area contributed by atoms with E-state index in [9.17, 15) is 9.90 Å². The summed E-state index contributed by atoms with van der Waals surface area (Å²) in [5.74, 6) is 0.384. The molecule has 0 saturated heterocycles. The van der Waals surface area contributed by atoms with E-state index in [1.165, 1.54) is 13.0 Å². The van der Waals surface area contributed by atoms with Gasteiger partial charge in [-0.2, -0.15) is 0 Å². The van der Waals surface area contributed by atoms with Crippen molar-refractivity contribution >= 4 is 28.4 Å². The van der Waals surface area contributed by atoms with Crippen LogP contribution in [0.15, 0.2) is 46.9 Å². The summed E-state index contributed by atoms with van der Waals surface area (Å²) in [6, 6.07) is 12.2. The van der Waals surface area contributed by atoms with Gasteiger partial charge in [-0.15, -0.1) is 0 Å². The molecular formula is C16H11ClO3. The van der Waals surface area contributed by atoms with Crippen LogP contribution in [0.5, 0.6) is 5.75 Å². The number of phenolic OH excluding ortho intramolecular Hbond substituents is 1. The minimum atomic E-state index is -0.185. The zero-order valence-electron chi connectivity index (χ0n) is 10.7. The first-order valence-corrected chi connectivity index (χ1v) is 6.46. The maximum atomic E-state index is 11.4. The van der Waals surface area contributed by atoms with E-state index in [1.54, 1.807) is 18.2 Å². The highest BCUT2D eigenvalue weighted by Gasteiger charge is 2.12. The number of phenols is 1. The van der Waals surface area contributed by atoms with Crippen molar-refractivity contribution in [2.45, 2.75) is 6.92 Å². The molecule has 4 heteroatoms. The maximum Gasteiger partial charge on any atom is 0.163 e. The highest BCUT2D eigenvalue weighted by atomic mass is 35.5. The molecule has 0 saturated carbocycles. The molecule has 0 unspecified atom stereocenters. The Kier molecular flexibility index (Phi) is 2.99. The third-order valence-corrected chi connectivity index (χ3v) is 3.36. The van der Waals surface area contributed by atoms with Crippen LogP contribution in [0, 0.1) is 0 Å². The molecule has 1 aromatic heterocycles. The Morgan fingerprint density at radius 1 is 1.20 bits per heavy atom. The number of carbonyl (C=O) groups excluding carboxylic acids is 1. The Bertz CT molecular complexity index is 818. The molecule has 0 bridgehead atoms. The fraction of sp³-hybridized carbons (Fsp3) is 0.0625. The van der Waals surface area contributed by atoms with Gasteiger partial charge in [-0.25, -0.2) is 0 Å². The topological polar surface area (TPSA) is 50.4 Å². The number of aromatic hydroxyl groups is 1. The summed E-state index contributed by atoms with van der Waals surface area (Å²) in [5, 5.41) is 11.2. The lowest BCUT2D eigenvalue weighted by Crippen LogP contribution is -1.91. The number of Topliss-reactive ketones (excluding diaryl/α,β-unsaturated/α-hetero) is 1. The number of halogens is 1. The van der Waals surface area contributed by atoms with E-state index >= 15 is 0 Å². The monoisotopic (exact) mass is 286 g/mol. The van der Waals surface area contributed by atoms with Gasteiger partial charge in [0, 0.05) is 22.0 Å². The van der Waals surface area contributed by atoms with Crippen molar-refractivity contribution in [3.05, 3.63) is 53.1 Å². The molecule has 0 atom stereocenters.